The van der Waals surface area contributed by atoms with E-state index >= 15 is 0 Å². The lowest BCUT2D eigenvalue weighted by Gasteiger charge is -2.25. The van der Waals surface area contributed by atoms with Crippen LogP contribution in [-0.4, -0.2) is 44.9 Å². The Bertz CT molecular complexity index is 1170. The third-order valence-corrected chi connectivity index (χ3v) is 8.37. The van der Waals surface area contributed by atoms with Crippen LogP contribution in [0.2, 0.25) is 5.02 Å². The number of amides is 1. The zero-order valence-electron chi connectivity index (χ0n) is 15.9. The Balaban J connectivity index is 1.55. The number of carbonyl (C=O) groups is 1. The molecule has 2 aromatic carbocycles. The molecule has 1 fully saturated rings. The highest BCUT2D eigenvalue weighted by atomic mass is 35.5. The van der Waals surface area contributed by atoms with Crippen LogP contribution in [0.25, 0.3) is 10.4 Å². The Kier molecular flexibility index (Phi) is 6.21. The van der Waals surface area contributed by atoms with Gasteiger partial charge in [-0.15, -0.1) is 11.3 Å². The van der Waals surface area contributed by atoms with E-state index in [2.05, 4.69) is 5.32 Å². The number of anilines is 1. The van der Waals surface area contributed by atoms with Crippen LogP contribution in [0.15, 0.2) is 64.9 Å². The molecule has 0 spiro atoms. The molecule has 30 heavy (non-hydrogen) atoms. The van der Waals surface area contributed by atoms with Crippen molar-refractivity contribution in [2.45, 2.75) is 4.21 Å². The number of nitrogens with one attached hydrogen (secondary N) is 1. The number of benzene rings is 2. The van der Waals surface area contributed by atoms with Gasteiger partial charge in [0.25, 0.3) is 15.9 Å². The summed E-state index contributed by atoms with van der Waals surface area (Å²) in [5, 5.41) is 3.35. The van der Waals surface area contributed by atoms with Gasteiger partial charge in [0.1, 0.15) is 4.21 Å². The van der Waals surface area contributed by atoms with Gasteiger partial charge in [-0.1, -0.05) is 29.8 Å². The summed E-state index contributed by atoms with van der Waals surface area (Å²) in [4.78, 5) is 13.4. The van der Waals surface area contributed by atoms with Crippen molar-refractivity contribution in [1.29, 1.82) is 0 Å². The molecule has 0 bridgehead atoms. The Hall–Kier alpha value is -2.23. The SMILES string of the molecule is O=C(Nc1cccc(Cl)c1)c1cccc(-c2ccc(S(=O)(=O)N3CCOCC3)s2)c1. The Morgan fingerprint density at radius 1 is 1.03 bits per heavy atom. The van der Waals surface area contributed by atoms with Crippen molar-refractivity contribution in [3.05, 3.63) is 71.2 Å². The highest BCUT2D eigenvalue weighted by Crippen LogP contribution is 2.33. The molecule has 1 N–H and O–H groups in total. The minimum Gasteiger partial charge on any atom is -0.379 e. The Morgan fingerprint density at radius 2 is 1.80 bits per heavy atom. The second kappa shape index (κ2) is 8.87. The summed E-state index contributed by atoms with van der Waals surface area (Å²) in [5.74, 6) is -0.267. The number of thiophene rings is 1. The summed E-state index contributed by atoms with van der Waals surface area (Å²) in [5.41, 5.74) is 1.86. The van der Waals surface area contributed by atoms with Crippen molar-refractivity contribution in [3.63, 3.8) is 0 Å². The topological polar surface area (TPSA) is 75.7 Å². The first kappa shape index (κ1) is 21.0. The smallest absolute Gasteiger partial charge is 0.255 e. The fourth-order valence-electron chi connectivity index (χ4n) is 3.11. The maximum atomic E-state index is 12.8. The van der Waals surface area contributed by atoms with Crippen LogP contribution in [-0.2, 0) is 14.8 Å². The first-order valence-corrected chi connectivity index (χ1v) is 11.9. The van der Waals surface area contributed by atoms with Crippen molar-refractivity contribution in [1.82, 2.24) is 4.31 Å². The maximum Gasteiger partial charge on any atom is 0.255 e. The second-order valence-electron chi connectivity index (χ2n) is 6.68. The number of carbonyl (C=O) groups excluding carboxylic acids is 1. The van der Waals surface area contributed by atoms with E-state index in [1.54, 1.807) is 54.6 Å². The number of hydrogen-bond donors (Lipinski definition) is 1. The average Bonchev–Trinajstić information content (AvgIpc) is 3.26. The molecule has 0 radical (unpaired) electrons. The summed E-state index contributed by atoms with van der Waals surface area (Å²) in [7, 11) is -3.54. The van der Waals surface area contributed by atoms with Gasteiger partial charge in [0.15, 0.2) is 0 Å². The second-order valence-corrected chi connectivity index (χ2v) is 10.4. The molecule has 0 aliphatic carbocycles. The van der Waals surface area contributed by atoms with Crippen LogP contribution in [0.5, 0.6) is 0 Å². The fraction of sp³-hybridized carbons (Fsp3) is 0.190. The number of ether oxygens (including phenoxy) is 1. The van der Waals surface area contributed by atoms with E-state index in [-0.39, 0.29) is 10.1 Å². The van der Waals surface area contributed by atoms with E-state index in [0.29, 0.717) is 42.6 Å². The quantitative estimate of drug-likeness (QED) is 0.612. The maximum absolute atomic E-state index is 12.8. The molecule has 9 heteroatoms. The summed E-state index contributed by atoms with van der Waals surface area (Å²) in [6.45, 7) is 1.52. The molecular formula is C21H19ClN2O4S2. The van der Waals surface area contributed by atoms with Crippen LogP contribution in [0.3, 0.4) is 0 Å². The predicted molar refractivity (Wildman–Crippen MR) is 119 cm³/mol. The first-order valence-electron chi connectivity index (χ1n) is 9.28. The van der Waals surface area contributed by atoms with Gasteiger partial charge in [-0.25, -0.2) is 8.42 Å². The monoisotopic (exact) mass is 462 g/mol. The van der Waals surface area contributed by atoms with Crippen LogP contribution in [0.4, 0.5) is 5.69 Å². The number of nitrogens with zero attached hydrogens (tertiary/aromatic N) is 1. The summed E-state index contributed by atoms with van der Waals surface area (Å²) < 4.78 is 32.7. The van der Waals surface area contributed by atoms with Crippen LogP contribution in [0, 0.1) is 0 Å². The molecule has 1 amide bonds. The molecule has 3 aromatic rings. The lowest BCUT2D eigenvalue weighted by molar-refractivity contribution is 0.0731. The van der Waals surface area contributed by atoms with Gasteiger partial charge in [-0.2, -0.15) is 4.31 Å². The van der Waals surface area contributed by atoms with Gasteiger partial charge in [0.05, 0.1) is 13.2 Å². The normalized spacial score (nSPS) is 15.1. The molecule has 4 rings (SSSR count). The van der Waals surface area contributed by atoms with Crippen LogP contribution < -0.4 is 5.32 Å². The van der Waals surface area contributed by atoms with Crippen molar-refractivity contribution in [2.75, 3.05) is 31.6 Å². The highest BCUT2D eigenvalue weighted by molar-refractivity contribution is 7.91. The molecule has 0 atom stereocenters. The standard InChI is InChI=1S/C21H19ClN2O4S2/c22-17-5-2-6-18(14-17)23-21(25)16-4-1-3-15(13-16)19-7-8-20(29-19)30(26,27)24-9-11-28-12-10-24/h1-8,13-14H,9-12H2,(H,23,25). The number of rotatable bonds is 5. The van der Waals surface area contributed by atoms with Crippen LogP contribution >= 0.6 is 22.9 Å². The molecule has 6 nitrogen and oxygen atoms in total. The number of halogens is 1. The number of morpholine rings is 1. The summed E-state index contributed by atoms with van der Waals surface area (Å²) >= 11 is 7.16. The van der Waals surface area contributed by atoms with Gasteiger partial charge in [-0.05, 0) is 48.0 Å². The summed E-state index contributed by atoms with van der Waals surface area (Å²) in [6, 6.07) is 17.4. The number of sulfonamides is 1. The largest absolute Gasteiger partial charge is 0.379 e. The van der Waals surface area contributed by atoms with Crippen LogP contribution in [0.1, 0.15) is 10.4 Å². The number of hydrogen-bond acceptors (Lipinski definition) is 5. The lowest BCUT2D eigenvalue weighted by atomic mass is 10.1. The minimum absolute atomic E-state index is 0.267. The average molecular weight is 463 g/mol. The molecule has 1 aromatic heterocycles. The molecule has 1 saturated heterocycles. The van der Waals surface area contributed by atoms with Gasteiger partial charge in [-0.3, -0.25) is 4.79 Å². The van der Waals surface area contributed by atoms with Gasteiger partial charge in [0.2, 0.25) is 0 Å². The van der Waals surface area contributed by atoms with Gasteiger partial charge >= 0.3 is 0 Å². The Labute approximate surface area is 184 Å². The van der Waals surface area contributed by atoms with E-state index in [0.717, 1.165) is 10.4 Å². The molecule has 1 aliphatic rings. The van der Waals surface area contributed by atoms with Crippen molar-refractivity contribution in [2.24, 2.45) is 0 Å². The third kappa shape index (κ3) is 4.58. The molecular weight excluding hydrogens is 444 g/mol. The molecule has 0 unspecified atom stereocenters. The minimum atomic E-state index is -3.54. The van der Waals surface area contributed by atoms with Crippen molar-refractivity contribution >= 4 is 44.6 Å². The first-order chi connectivity index (χ1) is 14.4. The molecule has 0 saturated carbocycles. The molecule has 156 valence electrons. The lowest BCUT2D eigenvalue weighted by Crippen LogP contribution is -2.40. The highest BCUT2D eigenvalue weighted by Gasteiger charge is 2.27. The van der Waals surface area contributed by atoms with E-state index in [9.17, 15) is 13.2 Å². The van der Waals surface area contributed by atoms with Gasteiger partial charge < -0.3 is 10.1 Å². The Morgan fingerprint density at radius 3 is 2.57 bits per heavy atom. The van der Waals surface area contributed by atoms with E-state index in [4.69, 9.17) is 16.3 Å². The van der Waals surface area contributed by atoms with E-state index < -0.39 is 10.0 Å². The predicted octanol–water partition coefficient (Wildman–Crippen LogP) is 4.34. The summed E-state index contributed by atoms with van der Waals surface area (Å²) in [6.07, 6.45) is 0. The van der Waals surface area contributed by atoms with E-state index in [1.165, 1.54) is 15.6 Å². The van der Waals surface area contributed by atoms with Crippen molar-refractivity contribution < 1.29 is 17.9 Å². The fourth-order valence-corrected chi connectivity index (χ4v) is 6.17. The zero-order valence-corrected chi connectivity index (χ0v) is 18.3. The molecule has 2 heterocycles. The van der Waals surface area contributed by atoms with Gasteiger partial charge in [0, 0.05) is 34.2 Å². The zero-order chi connectivity index (χ0) is 21.1. The third-order valence-electron chi connectivity index (χ3n) is 4.64. The van der Waals surface area contributed by atoms with E-state index in [1.807, 2.05) is 6.07 Å². The molecule has 1 aliphatic heterocycles. The van der Waals surface area contributed by atoms with Crippen molar-refractivity contribution in [3.8, 4) is 10.4 Å².